The van der Waals surface area contributed by atoms with E-state index in [0.717, 1.165) is 5.56 Å². The van der Waals surface area contributed by atoms with Crippen LogP contribution >= 0.6 is 0 Å². The van der Waals surface area contributed by atoms with Crippen LogP contribution < -0.4 is 5.32 Å². The number of carbonyl (C=O) groups excluding carboxylic acids is 3. The number of piperazine rings is 1. The van der Waals surface area contributed by atoms with Crippen molar-refractivity contribution in [2.45, 2.75) is 18.9 Å². The first kappa shape index (κ1) is 17.4. The van der Waals surface area contributed by atoms with Gasteiger partial charge in [0.2, 0.25) is 17.7 Å². The Morgan fingerprint density at radius 1 is 1.08 bits per heavy atom. The quantitative estimate of drug-likeness (QED) is 0.853. The zero-order chi connectivity index (χ0) is 17.6. The van der Waals surface area contributed by atoms with E-state index in [1.807, 2.05) is 30.3 Å². The molecule has 1 atom stereocenters. The number of hydrogen-bond acceptors (Lipinski definition) is 4. The first-order chi connectivity index (χ1) is 12.1. The lowest BCUT2D eigenvalue weighted by molar-refractivity contribution is -0.143. The number of nitrogens with zero attached hydrogens (tertiary/aromatic N) is 2. The van der Waals surface area contributed by atoms with Crippen molar-refractivity contribution in [2.24, 2.45) is 0 Å². The highest BCUT2D eigenvalue weighted by atomic mass is 16.5. The number of carbonyl (C=O) groups is 3. The van der Waals surface area contributed by atoms with Gasteiger partial charge in [-0.2, -0.15) is 0 Å². The summed E-state index contributed by atoms with van der Waals surface area (Å²) < 4.78 is 5.76. The van der Waals surface area contributed by atoms with E-state index >= 15 is 0 Å². The van der Waals surface area contributed by atoms with Gasteiger partial charge in [-0.25, -0.2) is 0 Å². The maximum absolute atomic E-state index is 12.4. The van der Waals surface area contributed by atoms with E-state index in [-0.39, 0.29) is 43.2 Å². The Balaban J connectivity index is 1.49. The van der Waals surface area contributed by atoms with Gasteiger partial charge in [0.05, 0.1) is 19.7 Å². The Kier molecular flexibility index (Phi) is 5.65. The smallest absolute Gasteiger partial charge is 0.239 e. The highest BCUT2D eigenvalue weighted by Gasteiger charge is 2.27. The van der Waals surface area contributed by atoms with Crippen LogP contribution in [-0.2, 0) is 19.1 Å². The van der Waals surface area contributed by atoms with E-state index in [9.17, 15) is 14.4 Å². The summed E-state index contributed by atoms with van der Waals surface area (Å²) in [4.78, 5) is 39.2. The van der Waals surface area contributed by atoms with Crippen molar-refractivity contribution in [1.82, 2.24) is 15.1 Å². The van der Waals surface area contributed by atoms with E-state index in [2.05, 4.69) is 5.32 Å². The molecule has 1 N–H and O–H groups in total. The molecule has 0 spiro atoms. The SMILES string of the molecule is O=C1CN(C(=O)CCC(=O)N2CCO[C@@H](c3ccccc3)C2)CCN1. The van der Waals surface area contributed by atoms with E-state index in [1.165, 1.54) is 4.90 Å². The summed E-state index contributed by atoms with van der Waals surface area (Å²) in [5.74, 6) is -0.333. The Bertz CT molecular complexity index is 634. The maximum atomic E-state index is 12.4. The van der Waals surface area contributed by atoms with E-state index < -0.39 is 0 Å². The minimum absolute atomic E-state index is 0.0426. The summed E-state index contributed by atoms with van der Waals surface area (Å²) in [5, 5.41) is 2.68. The van der Waals surface area contributed by atoms with Crippen LogP contribution in [0.15, 0.2) is 30.3 Å². The molecule has 2 aliphatic rings. The van der Waals surface area contributed by atoms with Crippen LogP contribution in [0.2, 0.25) is 0 Å². The minimum Gasteiger partial charge on any atom is -0.370 e. The van der Waals surface area contributed by atoms with Gasteiger partial charge in [0.25, 0.3) is 0 Å². The molecule has 0 aliphatic carbocycles. The molecule has 1 aromatic carbocycles. The second-order valence-electron chi connectivity index (χ2n) is 6.28. The third-order valence-electron chi connectivity index (χ3n) is 4.53. The van der Waals surface area contributed by atoms with Gasteiger partial charge in [0.15, 0.2) is 0 Å². The lowest BCUT2D eigenvalue weighted by Crippen LogP contribution is -2.50. The number of nitrogens with one attached hydrogen (secondary N) is 1. The fraction of sp³-hybridized carbons (Fsp3) is 0.500. The number of ether oxygens (including phenoxy) is 1. The lowest BCUT2D eigenvalue weighted by atomic mass is 10.1. The molecular weight excluding hydrogens is 322 g/mol. The second-order valence-corrected chi connectivity index (χ2v) is 6.28. The standard InChI is InChI=1S/C18H23N3O4/c22-16-13-20(9-8-19-16)17(23)6-7-18(24)21-10-11-25-15(12-21)14-4-2-1-3-5-14/h1-5,15H,6-13H2,(H,19,22)/t15-/m1/s1. The number of rotatable bonds is 4. The molecule has 1 aromatic rings. The molecule has 3 rings (SSSR count). The predicted octanol–water partition coefficient (Wildman–Crippen LogP) is 0.325. The van der Waals surface area contributed by atoms with Gasteiger partial charge in [-0.3, -0.25) is 14.4 Å². The topological polar surface area (TPSA) is 79.0 Å². The van der Waals surface area contributed by atoms with E-state index in [0.29, 0.717) is 32.8 Å². The summed E-state index contributed by atoms with van der Waals surface area (Å²) in [6.45, 7) is 2.60. The van der Waals surface area contributed by atoms with Crippen LogP contribution in [0.25, 0.3) is 0 Å². The normalized spacial score (nSPS) is 21.0. The molecule has 0 radical (unpaired) electrons. The number of morpholine rings is 1. The summed E-state index contributed by atoms with van der Waals surface area (Å²) in [5.41, 5.74) is 1.05. The van der Waals surface area contributed by atoms with Crippen molar-refractivity contribution in [3.05, 3.63) is 35.9 Å². The molecule has 0 unspecified atom stereocenters. The van der Waals surface area contributed by atoms with Crippen LogP contribution in [0.5, 0.6) is 0 Å². The van der Waals surface area contributed by atoms with E-state index in [4.69, 9.17) is 4.74 Å². The van der Waals surface area contributed by atoms with Crippen LogP contribution in [0.4, 0.5) is 0 Å². The molecule has 2 heterocycles. The van der Waals surface area contributed by atoms with Crippen LogP contribution in [0.1, 0.15) is 24.5 Å². The van der Waals surface area contributed by atoms with Crippen LogP contribution in [0.3, 0.4) is 0 Å². The molecule has 0 aromatic heterocycles. The molecule has 7 heteroatoms. The van der Waals surface area contributed by atoms with Crippen molar-refractivity contribution in [2.75, 3.05) is 39.3 Å². The number of amides is 3. The highest BCUT2D eigenvalue weighted by Crippen LogP contribution is 2.22. The zero-order valence-corrected chi connectivity index (χ0v) is 14.1. The Morgan fingerprint density at radius 3 is 2.52 bits per heavy atom. The van der Waals surface area contributed by atoms with Gasteiger partial charge < -0.3 is 19.9 Å². The van der Waals surface area contributed by atoms with Crippen LogP contribution in [-0.4, -0.2) is 66.9 Å². The van der Waals surface area contributed by atoms with Crippen molar-refractivity contribution in [3.8, 4) is 0 Å². The van der Waals surface area contributed by atoms with Gasteiger partial charge >= 0.3 is 0 Å². The largest absolute Gasteiger partial charge is 0.370 e. The fourth-order valence-corrected chi connectivity index (χ4v) is 3.13. The fourth-order valence-electron chi connectivity index (χ4n) is 3.13. The second kappa shape index (κ2) is 8.11. The Labute approximate surface area is 146 Å². The van der Waals surface area contributed by atoms with Crippen molar-refractivity contribution in [1.29, 1.82) is 0 Å². The first-order valence-electron chi connectivity index (χ1n) is 8.62. The minimum atomic E-state index is -0.148. The zero-order valence-electron chi connectivity index (χ0n) is 14.1. The number of benzene rings is 1. The summed E-state index contributed by atoms with van der Waals surface area (Å²) >= 11 is 0. The van der Waals surface area contributed by atoms with Gasteiger partial charge in [0, 0.05) is 32.5 Å². The monoisotopic (exact) mass is 345 g/mol. The molecular formula is C18H23N3O4. The molecule has 134 valence electrons. The van der Waals surface area contributed by atoms with Gasteiger partial charge in [-0.15, -0.1) is 0 Å². The summed E-state index contributed by atoms with van der Waals surface area (Å²) in [6.07, 6.45) is 0.179. The molecule has 0 saturated carbocycles. The Morgan fingerprint density at radius 2 is 1.80 bits per heavy atom. The lowest BCUT2D eigenvalue weighted by Gasteiger charge is -2.33. The molecule has 3 amide bonds. The highest BCUT2D eigenvalue weighted by molar-refractivity contribution is 5.88. The Hall–Kier alpha value is -2.41. The van der Waals surface area contributed by atoms with E-state index in [1.54, 1.807) is 4.90 Å². The van der Waals surface area contributed by atoms with Crippen LogP contribution in [0, 0.1) is 0 Å². The van der Waals surface area contributed by atoms with Crippen molar-refractivity contribution in [3.63, 3.8) is 0 Å². The predicted molar refractivity (Wildman–Crippen MR) is 90.5 cm³/mol. The molecule has 2 fully saturated rings. The molecule has 25 heavy (non-hydrogen) atoms. The van der Waals surface area contributed by atoms with Crippen molar-refractivity contribution >= 4 is 17.7 Å². The summed E-state index contributed by atoms with van der Waals surface area (Å²) in [7, 11) is 0. The van der Waals surface area contributed by atoms with Gasteiger partial charge in [-0.1, -0.05) is 30.3 Å². The maximum Gasteiger partial charge on any atom is 0.239 e. The molecule has 2 aliphatic heterocycles. The first-order valence-corrected chi connectivity index (χ1v) is 8.62. The third-order valence-corrected chi connectivity index (χ3v) is 4.53. The average Bonchev–Trinajstić information content (AvgIpc) is 2.66. The number of hydrogen-bond donors (Lipinski definition) is 1. The molecule has 2 saturated heterocycles. The third kappa shape index (κ3) is 4.57. The van der Waals surface area contributed by atoms with Gasteiger partial charge in [-0.05, 0) is 5.56 Å². The molecule has 0 bridgehead atoms. The van der Waals surface area contributed by atoms with Gasteiger partial charge in [0.1, 0.15) is 6.10 Å². The average molecular weight is 345 g/mol. The summed E-state index contributed by atoms with van der Waals surface area (Å²) in [6, 6.07) is 9.83. The molecule has 7 nitrogen and oxygen atoms in total. The van der Waals surface area contributed by atoms with Crippen molar-refractivity contribution < 1.29 is 19.1 Å².